The summed E-state index contributed by atoms with van der Waals surface area (Å²) < 4.78 is 12.4. The van der Waals surface area contributed by atoms with E-state index < -0.39 is 16.9 Å². The average Bonchev–Trinajstić information content (AvgIpc) is 3.30. The number of ether oxygens (including phenoxy) is 2. The molecule has 0 bridgehead atoms. The van der Waals surface area contributed by atoms with Crippen LogP contribution in [0.3, 0.4) is 0 Å². The molecule has 0 saturated heterocycles. The lowest BCUT2D eigenvalue weighted by atomic mass is 10.2. The van der Waals surface area contributed by atoms with E-state index >= 15 is 0 Å². The average molecular weight is 444 g/mol. The highest BCUT2D eigenvalue weighted by Crippen LogP contribution is 2.24. The van der Waals surface area contributed by atoms with E-state index in [9.17, 15) is 24.5 Å². The van der Waals surface area contributed by atoms with Gasteiger partial charge in [0.25, 0.3) is 5.69 Å². The Balaban J connectivity index is 1.92. The molecule has 0 N–H and O–H groups in total. The van der Waals surface area contributed by atoms with Crippen molar-refractivity contribution < 1.29 is 28.8 Å². The van der Waals surface area contributed by atoms with Gasteiger partial charge in [0.2, 0.25) is 5.12 Å². The van der Waals surface area contributed by atoms with Crippen LogP contribution >= 0.6 is 11.8 Å². The van der Waals surface area contributed by atoms with Gasteiger partial charge in [-0.05, 0) is 24.5 Å². The van der Waals surface area contributed by atoms with Crippen LogP contribution in [0.1, 0.15) is 36.9 Å². The summed E-state index contributed by atoms with van der Waals surface area (Å²) in [5.41, 5.74) is 0.437. The molecule has 31 heavy (non-hydrogen) atoms. The molecule has 2 heterocycles. The van der Waals surface area contributed by atoms with Crippen LogP contribution in [0.15, 0.2) is 35.9 Å². The Kier molecular flexibility index (Phi) is 6.20. The van der Waals surface area contributed by atoms with Crippen LogP contribution in [0.2, 0.25) is 0 Å². The monoisotopic (exact) mass is 444 g/mol. The number of aryl methyl sites for hydroxylation is 1. The molecule has 1 aromatic carbocycles. The Morgan fingerprint density at radius 3 is 2.35 bits per heavy atom. The van der Waals surface area contributed by atoms with Crippen LogP contribution in [-0.4, -0.2) is 50.4 Å². The SMILES string of the molecule is COC(=O)c1cn2c(C)nn(/C=C\SC(=O)c3ccc([N+](=O)[O-])cc3)c2c1C(=O)OC. The van der Waals surface area contributed by atoms with Gasteiger partial charge in [-0.1, -0.05) is 11.8 Å². The standard InChI is InChI=1S/C19H16N4O7S/c1-11-20-22(8-9-31-19(26)12-4-6-13(7-5-12)23(27)28)16-15(18(25)30-3)14(10-21(11)16)17(24)29-2/h4-10H,1-3H3/b9-8-. The van der Waals surface area contributed by atoms with E-state index in [0.717, 1.165) is 11.8 Å². The Hall–Kier alpha value is -3.93. The summed E-state index contributed by atoms with van der Waals surface area (Å²) in [5, 5.41) is 16.1. The molecule has 160 valence electrons. The Morgan fingerprint density at radius 1 is 1.13 bits per heavy atom. The van der Waals surface area contributed by atoms with Gasteiger partial charge in [0, 0.05) is 30.1 Å². The van der Waals surface area contributed by atoms with Gasteiger partial charge in [0.15, 0.2) is 5.65 Å². The molecule has 2 aromatic heterocycles. The molecule has 12 heteroatoms. The van der Waals surface area contributed by atoms with E-state index in [1.807, 2.05) is 0 Å². The minimum atomic E-state index is -0.743. The van der Waals surface area contributed by atoms with Gasteiger partial charge in [0.05, 0.1) is 24.7 Å². The molecule has 0 unspecified atom stereocenters. The number of nitro benzene ring substituents is 1. The summed E-state index contributed by atoms with van der Waals surface area (Å²) in [7, 11) is 2.39. The molecule has 0 amide bonds. The van der Waals surface area contributed by atoms with E-state index in [1.54, 1.807) is 6.92 Å². The van der Waals surface area contributed by atoms with Crippen molar-refractivity contribution in [3.05, 3.63) is 68.5 Å². The van der Waals surface area contributed by atoms with Gasteiger partial charge >= 0.3 is 11.9 Å². The molecule has 0 aliphatic carbocycles. The lowest BCUT2D eigenvalue weighted by Gasteiger charge is -2.02. The maximum absolute atomic E-state index is 12.3. The minimum absolute atomic E-state index is 0.0200. The van der Waals surface area contributed by atoms with Crippen molar-refractivity contribution in [2.45, 2.75) is 6.92 Å². The number of carbonyl (C=O) groups is 3. The summed E-state index contributed by atoms with van der Waals surface area (Å²) in [6, 6.07) is 5.22. The zero-order valence-electron chi connectivity index (χ0n) is 16.6. The molecule has 0 fully saturated rings. The van der Waals surface area contributed by atoms with Crippen LogP contribution in [-0.2, 0) is 9.47 Å². The van der Waals surface area contributed by atoms with Crippen molar-refractivity contribution in [3.63, 3.8) is 0 Å². The Labute approximate surface area is 179 Å². The maximum Gasteiger partial charge on any atom is 0.342 e. The number of nitrogens with zero attached hydrogens (tertiary/aromatic N) is 4. The smallest absolute Gasteiger partial charge is 0.342 e. The zero-order chi connectivity index (χ0) is 22.7. The number of methoxy groups -OCH3 is 2. The van der Waals surface area contributed by atoms with Crippen LogP contribution in [0.25, 0.3) is 11.8 Å². The number of thioether (sulfide) groups is 1. The summed E-state index contributed by atoms with van der Waals surface area (Å²) in [5.74, 6) is -0.972. The largest absolute Gasteiger partial charge is 0.465 e. The molecular formula is C19H16N4O7S. The molecule has 0 atom stereocenters. The van der Waals surface area contributed by atoms with Crippen molar-refractivity contribution in [1.82, 2.24) is 14.2 Å². The third kappa shape index (κ3) is 4.19. The number of benzene rings is 1. The zero-order valence-corrected chi connectivity index (χ0v) is 17.4. The highest BCUT2D eigenvalue weighted by atomic mass is 32.2. The van der Waals surface area contributed by atoms with E-state index in [0.29, 0.717) is 5.82 Å². The second-order valence-corrected chi connectivity index (χ2v) is 6.96. The number of hydrogen-bond acceptors (Lipinski definition) is 9. The van der Waals surface area contributed by atoms with Gasteiger partial charge in [-0.3, -0.25) is 19.3 Å². The Morgan fingerprint density at radius 2 is 1.77 bits per heavy atom. The van der Waals surface area contributed by atoms with Crippen LogP contribution in [0.4, 0.5) is 5.69 Å². The first-order valence-corrected chi connectivity index (χ1v) is 9.55. The Bertz CT molecular complexity index is 1220. The number of hydrogen-bond donors (Lipinski definition) is 0. The molecule has 0 aliphatic heterocycles. The second-order valence-electron chi connectivity index (χ2n) is 6.08. The summed E-state index contributed by atoms with van der Waals surface area (Å²) >= 11 is 0.827. The summed E-state index contributed by atoms with van der Waals surface area (Å²) in [6.07, 6.45) is 2.87. The minimum Gasteiger partial charge on any atom is -0.465 e. The number of aromatic nitrogens is 3. The van der Waals surface area contributed by atoms with E-state index in [1.165, 1.54) is 65.4 Å². The predicted octanol–water partition coefficient (Wildman–Crippen LogP) is 2.93. The lowest BCUT2D eigenvalue weighted by Crippen LogP contribution is -2.10. The fourth-order valence-corrected chi connectivity index (χ4v) is 3.40. The van der Waals surface area contributed by atoms with E-state index in [2.05, 4.69) is 5.10 Å². The molecule has 0 aliphatic rings. The van der Waals surface area contributed by atoms with Gasteiger partial charge in [-0.25, -0.2) is 14.3 Å². The molecule has 0 saturated carbocycles. The first-order valence-electron chi connectivity index (χ1n) is 8.67. The number of esters is 2. The number of carbonyl (C=O) groups excluding carboxylic acids is 3. The number of rotatable bonds is 6. The van der Waals surface area contributed by atoms with Crippen molar-refractivity contribution >= 4 is 46.4 Å². The van der Waals surface area contributed by atoms with Gasteiger partial charge in [-0.2, -0.15) is 5.10 Å². The van der Waals surface area contributed by atoms with Crippen LogP contribution < -0.4 is 0 Å². The second kappa shape index (κ2) is 8.83. The molecule has 0 radical (unpaired) electrons. The van der Waals surface area contributed by atoms with Crippen molar-refractivity contribution in [2.24, 2.45) is 0 Å². The predicted molar refractivity (Wildman–Crippen MR) is 111 cm³/mol. The normalized spacial score (nSPS) is 11.1. The molecule has 3 rings (SSSR count). The highest BCUT2D eigenvalue weighted by Gasteiger charge is 2.27. The highest BCUT2D eigenvalue weighted by molar-refractivity contribution is 8.16. The third-order valence-corrected chi connectivity index (χ3v) is 4.99. The fraction of sp³-hybridized carbons (Fsp3) is 0.158. The summed E-state index contributed by atoms with van der Waals surface area (Å²) in [6.45, 7) is 1.68. The van der Waals surface area contributed by atoms with Gasteiger partial charge in [-0.15, -0.1) is 0 Å². The number of nitro groups is 1. The molecule has 11 nitrogen and oxygen atoms in total. The van der Waals surface area contributed by atoms with Crippen molar-refractivity contribution in [2.75, 3.05) is 14.2 Å². The van der Waals surface area contributed by atoms with Crippen LogP contribution in [0, 0.1) is 17.0 Å². The first-order chi connectivity index (χ1) is 14.8. The number of non-ortho nitro benzene ring substituents is 1. The summed E-state index contributed by atoms with van der Waals surface area (Å²) in [4.78, 5) is 46.9. The quantitative estimate of drug-likeness (QED) is 0.319. The number of fused-ring (bicyclic) bond motifs is 1. The van der Waals surface area contributed by atoms with Gasteiger partial charge in [0.1, 0.15) is 11.4 Å². The molecule has 3 aromatic rings. The fourth-order valence-electron chi connectivity index (χ4n) is 2.83. The van der Waals surface area contributed by atoms with E-state index in [4.69, 9.17) is 9.47 Å². The first kappa shape index (κ1) is 21.8. The molecule has 0 spiro atoms. The van der Waals surface area contributed by atoms with Gasteiger partial charge < -0.3 is 9.47 Å². The topological polar surface area (TPSA) is 135 Å². The van der Waals surface area contributed by atoms with E-state index in [-0.39, 0.29) is 33.1 Å². The third-order valence-electron chi connectivity index (χ3n) is 4.28. The van der Waals surface area contributed by atoms with Crippen LogP contribution in [0.5, 0.6) is 0 Å². The van der Waals surface area contributed by atoms with Crippen molar-refractivity contribution in [3.8, 4) is 0 Å². The molecular weight excluding hydrogens is 428 g/mol. The van der Waals surface area contributed by atoms with Crippen molar-refractivity contribution in [1.29, 1.82) is 0 Å². The lowest BCUT2D eigenvalue weighted by molar-refractivity contribution is -0.384. The maximum atomic E-state index is 12.3.